The van der Waals surface area contributed by atoms with Gasteiger partial charge in [-0.05, 0) is 62.8 Å². The van der Waals surface area contributed by atoms with E-state index in [-0.39, 0.29) is 61.0 Å². The lowest BCUT2D eigenvalue weighted by Crippen LogP contribution is -2.58. The van der Waals surface area contributed by atoms with Gasteiger partial charge in [0.2, 0.25) is 5.91 Å². The third-order valence-electron chi connectivity index (χ3n) is 14.9. The van der Waals surface area contributed by atoms with Crippen LogP contribution in [0.1, 0.15) is 101 Å². The second-order valence-corrected chi connectivity index (χ2v) is 19.7. The molecule has 15 nitrogen and oxygen atoms in total. The number of methoxy groups -OCH3 is 2. The minimum Gasteiger partial charge on any atom is -0.462 e. The van der Waals surface area contributed by atoms with Crippen molar-refractivity contribution in [1.82, 2.24) is 5.32 Å². The SMILES string of the molecule is CCC(C)[C@H]1O[C@]2(C=C[C@@H]1C)C[C@@H]1C[C@@H](C/C=C(\C)[C@H](O[C@H]3C[C@H](OC)[C@@H](O[C@H]4C[C@H](OC)[C@@H](NC(C)=O)[C@H](C)O4)[C@H](C)O3)[C@@H](C)/C=C/C=C3\CO[C@@H]4[C@H](O)C(C)=C[C@@H](C(=O)O1)[C@]34O)O2. The third-order valence-corrected chi connectivity index (χ3v) is 14.9. The van der Waals surface area contributed by atoms with Crippen LogP contribution in [0, 0.1) is 23.7 Å². The molecule has 4 fully saturated rings. The fourth-order valence-electron chi connectivity index (χ4n) is 11.0. The number of carbonyl (C=O) groups is 2. The Kier molecular flexibility index (Phi) is 16.0. The molecule has 6 heterocycles. The molecule has 7 rings (SSSR count). The van der Waals surface area contributed by atoms with Crippen LogP contribution in [0.4, 0.5) is 0 Å². The molecule has 364 valence electrons. The first-order valence-electron chi connectivity index (χ1n) is 23.8. The van der Waals surface area contributed by atoms with Gasteiger partial charge < -0.3 is 62.9 Å². The highest BCUT2D eigenvalue weighted by atomic mass is 16.7. The van der Waals surface area contributed by atoms with Gasteiger partial charge in [0.1, 0.15) is 35.9 Å². The highest BCUT2D eigenvalue weighted by molar-refractivity contribution is 5.78. The number of ether oxygens (including phenoxy) is 10. The molecule has 0 aromatic carbocycles. The number of hydrogen-bond acceptors (Lipinski definition) is 14. The van der Waals surface area contributed by atoms with E-state index < -0.39 is 84.7 Å². The van der Waals surface area contributed by atoms with Gasteiger partial charge in [0.05, 0.1) is 55.4 Å². The van der Waals surface area contributed by atoms with Crippen LogP contribution in [0.5, 0.6) is 0 Å². The molecule has 15 heteroatoms. The van der Waals surface area contributed by atoms with Crippen LogP contribution < -0.4 is 5.32 Å². The molecule has 3 N–H and O–H groups in total. The minimum absolute atomic E-state index is 0.0270. The molecule has 1 amide bonds. The average Bonchev–Trinajstić information content (AvgIpc) is 3.61. The summed E-state index contributed by atoms with van der Waals surface area (Å²) in [6.07, 6.45) is 9.46. The highest BCUT2D eigenvalue weighted by Crippen LogP contribution is 2.47. The van der Waals surface area contributed by atoms with Crippen LogP contribution in [0.2, 0.25) is 0 Å². The fourth-order valence-corrected chi connectivity index (χ4v) is 11.0. The van der Waals surface area contributed by atoms with Gasteiger partial charge in [-0.3, -0.25) is 9.59 Å². The average molecular weight is 914 g/mol. The summed E-state index contributed by atoms with van der Waals surface area (Å²) in [7, 11) is 3.27. The topological polar surface area (TPSA) is 179 Å². The van der Waals surface area contributed by atoms with Crippen LogP contribution in [0.15, 0.2) is 59.3 Å². The second-order valence-electron chi connectivity index (χ2n) is 19.7. The molecule has 7 aliphatic rings. The Morgan fingerprint density at radius 2 is 1.65 bits per heavy atom. The summed E-state index contributed by atoms with van der Waals surface area (Å²) in [5.41, 5.74) is 0.116. The first kappa shape index (κ1) is 50.1. The van der Waals surface area contributed by atoms with Crippen LogP contribution in [-0.2, 0) is 57.0 Å². The smallest absolute Gasteiger partial charge is 0.316 e. The molecule has 0 aromatic heterocycles. The van der Waals surface area contributed by atoms with Gasteiger partial charge in [-0.2, -0.15) is 0 Å². The monoisotopic (exact) mass is 914 g/mol. The maximum Gasteiger partial charge on any atom is 0.316 e. The second kappa shape index (κ2) is 20.8. The van der Waals surface area contributed by atoms with Crippen molar-refractivity contribution >= 4 is 11.9 Å². The van der Waals surface area contributed by atoms with E-state index in [0.29, 0.717) is 36.8 Å². The van der Waals surface area contributed by atoms with Crippen molar-refractivity contribution in [3.8, 4) is 0 Å². The quantitative estimate of drug-likeness (QED) is 0.195. The van der Waals surface area contributed by atoms with E-state index in [0.717, 1.165) is 12.0 Å². The van der Waals surface area contributed by atoms with Crippen molar-refractivity contribution < 1.29 is 67.2 Å². The molecule has 1 spiro atoms. The zero-order chi connectivity index (χ0) is 47.0. The molecule has 0 aromatic rings. The number of amides is 1. The highest BCUT2D eigenvalue weighted by Gasteiger charge is 2.60. The minimum atomic E-state index is -1.84. The Balaban J connectivity index is 1.16. The Labute approximate surface area is 385 Å². The van der Waals surface area contributed by atoms with Crippen LogP contribution in [0.3, 0.4) is 0 Å². The number of hydrogen-bond donors (Lipinski definition) is 3. The zero-order valence-electron chi connectivity index (χ0n) is 40.2. The van der Waals surface area contributed by atoms with E-state index in [1.807, 2.05) is 39.0 Å². The molecule has 65 heavy (non-hydrogen) atoms. The number of aliphatic hydroxyl groups is 2. The van der Waals surface area contributed by atoms with Gasteiger partial charge in [-0.1, -0.05) is 70.6 Å². The summed E-state index contributed by atoms with van der Waals surface area (Å²) >= 11 is 0. The lowest BCUT2D eigenvalue weighted by atomic mass is 9.71. The maximum atomic E-state index is 14.4. The van der Waals surface area contributed by atoms with Crippen LogP contribution in [-0.4, -0.2) is 140 Å². The third kappa shape index (κ3) is 10.6. The Hall–Kier alpha value is -2.80. The van der Waals surface area contributed by atoms with Crippen molar-refractivity contribution in [1.29, 1.82) is 0 Å². The van der Waals surface area contributed by atoms with Crippen molar-refractivity contribution in [3.63, 3.8) is 0 Å². The van der Waals surface area contributed by atoms with Crippen molar-refractivity contribution in [2.45, 2.75) is 198 Å². The molecule has 20 atom stereocenters. The predicted octanol–water partition coefficient (Wildman–Crippen LogP) is 5.52. The lowest BCUT2D eigenvalue weighted by Gasteiger charge is -2.48. The summed E-state index contributed by atoms with van der Waals surface area (Å²) in [5.74, 6) is -2.75. The van der Waals surface area contributed by atoms with E-state index in [4.69, 9.17) is 47.4 Å². The standard InChI is InChI=1S/C50H75NO14/c1-12-26(2)45-29(5)18-19-49(65-45)24-36-21-35(64-49)17-16-28(4)44(27(3)14-13-15-34-25-58-47-43(53)30(6)20-37(48(54)61-36)50(34,47)55)62-41-23-39(57-11)46(32(8)60-41)63-40-22-38(56-10)42(31(7)59-40)51-33(9)52/h13-16,18-20,26-27,29,31-32,35-47,53,55H,12,17,21-25H2,1-11H3,(H,51,52)/b14-13+,28-16+,34-15+/t26?,27-,29-,31-,32-,35+,36-,37-,38-,39-,40-,41-,42-,43+,44+,45+,46-,47+,49+,50+/m0/s1. The lowest BCUT2D eigenvalue weighted by molar-refractivity contribution is -0.311. The van der Waals surface area contributed by atoms with Crippen molar-refractivity contribution in [2.75, 3.05) is 20.8 Å². The number of aliphatic hydroxyl groups excluding tert-OH is 1. The number of esters is 1. The van der Waals surface area contributed by atoms with E-state index in [1.54, 1.807) is 33.3 Å². The number of rotatable bonds is 9. The number of carbonyl (C=O) groups excluding carboxylic acids is 2. The molecule has 0 radical (unpaired) electrons. The molecule has 0 saturated carbocycles. The zero-order valence-corrected chi connectivity index (χ0v) is 40.2. The van der Waals surface area contributed by atoms with Gasteiger partial charge in [0.15, 0.2) is 18.4 Å². The maximum absolute atomic E-state index is 14.4. The van der Waals surface area contributed by atoms with E-state index in [2.05, 4.69) is 45.2 Å². The molecule has 6 aliphatic heterocycles. The van der Waals surface area contributed by atoms with Gasteiger partial charge >= 0.3 is 5.97 Å². The molecular formula is C50H75NO14. The Bertz CT molecular complexity index is 1850. The Morgan fingerprint density at radius 3 is 2.35 bits per heavy atom. The summed E-state index contributed by atoms with van der Waals surface area (Å²) in [5, 5.41) is 26.7. The predicted molar refractivity (Wildman–Crippen MR) is 239 cm³/mol. The van der Waals surface area contributed by atoms with E-state index >= 15 is 0 Å². The number of nitrogens with one attached hydrogen (secondary N) is 1. The Morgan fingerprint density at radius 1 is 0.938 bits per heavy atom. The summed E-state index contributed by atoms with van der Waals surface area (Å²) < 4.78 is 64.4. The number of fused-ring (bicyclic) bond motifs is 2. The van der Waals surface area contributed by atoms with E-state index in [9.17, 15) is 19.8 Å². The summed E-state index contributed by atoms with van der Waals surface area (Å²) in [6, 6.07) is -0.315. The molecule has 2 bridgehead atoms. The van der Waals surface area contributed by atoms with Gasteiger partial charge in [0, 0.05) is 58.7 Å². The van der Waals surface area contributed by atoms with Gasteiger partial charge in [-0.25, -0.2) is 0 Å². The first-order chi connectivity index (χ1) is 30.9. The van der Waals surface area contributed by atoms with Crippen molar-refractivity contribution in [3.05, 3.63) is 59.3 Å². The normalized spacial score (nSPS) is 47.3. The van der Waals surface area contributed by atoms with Gasteiger partial charge in [0.25, 0.3) is 0 Å². The number of allylic oxidation sites excluding steroid dienone is 2. The molecule has 4 saturated heterocycles. The largest absolute Gasteiger partial charge is 0.462 e. The van der Waals surface area contributed by atoms with Gasteiger partial charge in [-0.15, -0.1) is 0 Å². The summed E-state index contributed by atoms with van der Waals surface area (Å²) in [4.78, 5) is 26.3. The first-order valence-corrected chi connectivity index (χ1v) is 23.8. The van der Waals surface area contributed by atoms with Crippen LogP contribution >= 0.6 is 0 Å². The van der Waals surface area contributed by atoms with E-state index in [1.165, 1.54) is 6.92 Å². The fraction of sp³-hybridized carbons (Fsp3) is 0.760. The molecular weight excluding hydrogens is 839 g/mol. The molecule has 1 aliphatic carbocycles. The van der Waals surface area contributed by atoms with Crippen molar-refractivity contribution in [2.24, 2.45) is 23.7 Å². The molecule has 1 unspecified atom stereocenters. The van der Waals surface area contributed by atoms with Crippen LogP contribution in [0.25, 0.3) is 0 Å². The summed E-state index contributed by atoms with van der Waals surface area (Å²) in [6.45, 7) is 17.7.